The summed E-state index contributed by atoms with van der Waals surface area (Å²) in [5.41, 5.74) is 0.843. The van der Waals surface area contributed by atoms with Gasteiger partial charge >= 0.3 is 11.9 Å². The molecule has 1 aliphatic heterocycles. The first-order chi connectivity index (χ1) is 13.9. The highest BCUT2D eigenvalue weighted by Crippen LogP contribution is 2.31. The SMILES string of the molecule is CN(Cc1ccc2c(c1)OCCO2)C(=O)COC(=O)/C=C/c1ccc([N+](=O)[O-])o1. The van der Waals surface area contributed by atoms with E-state index in [4.69, 9.17) is 18.6 Å². The Hall–Kier alpha value is -3.82. The number of hydrogen-bond acceptors (Lipinski definition) is 8. The minimum atomic E-state index is -0.773. The second-order valence-corrected chi connectivity index (χ2v) is 6.10. The number of carbonyl (C=O) groups excluding carboxylic acids is 2. The first-order valence-electron chi connectivity index (χ1n) is 8.64. The summed E-state index contributed by atoms with van der Waals surface area (Å²) in [5.74, 6) is -0.189. The Balaban J connectivity index is 1.47. The number of nitrogens with zero attached hydrogens (tertiary/aromatic N) is 2. The maximum atomic E-state index is 12.2. The lowest BCUT2D eigenvalue weighted by atomic mass is 10.2. The van der Waals surface area contributed by atoms with E-state index in [1.807, 2.05) is 6.07 Å². The van der Waals surface area contributed by atoms with Crippen LogP contribution in [0, 0.1) is 10.1 Å². The van der Waals surface area contributed by atoms with E-state index in [2.05, 4.69) is 0 Å². The lowest BCUT2D eigenvalue weighted by molar-refractivity contribution is -0.402. The molecule has 1 aliphatic rings. The van der Waals surface area contributed by atoms with Crippen molar-refractivity contribution in [3.63, 3.8) is 0 Å². The molecule has 0 atom stereocenters. The third kappa shape index (κ3) is 5.34. The van der Waals surface area contributed by atoms with Crippen LogP contribution >= 0.6 is 0 Å². The lowest BCUT2D eigenvalue weighted by Gasteiger charge is -2.21. The van der Waals surface area contributed by atoms with E-state index in [0.29, 0.717) is 31.3 Å². The Bertz CT molecular complexity index is 949. The Morgan fingerprint density at radius 2 is 1.97 bits per heavy atom. The second-order valence-electron chi connectivity index (χ2n) is 6.10. The van der Waals surface area contributed by atoms with E-state index in [-0.39, 0.29) is 5.76 Å². The van der Waals surface area contributed by atoms with Gasteiger partial charge in [0.25, 0.3) is 5.91 Å². The summed E-state index contributed by atoms with van der Waals surface area (Å²) in [4.78, 5) is 35.1. The van der Waals surface area contributed by atoms with Crippen molar-refractivity contribution in [2.24, 2.45) is 0 Å². The average Bonchev–Trinajstić information content (AvgIpc) is 3.20. The Kier molecular flexibility index (Phi) is 6.12. The van der Waals surface area contributed by atoms with Crippen LogP contribution in [0.15, 0.2) is 40.8 Å². The van der Waals surface area contributed by atoms with Gasteiger partial charge in [0.15, 0.2) is 18.1 Å². The number of amides is 1. The molecule has 0 saturated heterocycles. The summed E-state index contributed by atoms with van der Waals surface area (Å²) in [5, 5.41) is 10.5. The maximum Gasteiger partial charge on any atom is 0.433 e. The Labute approximate surface area is 165 Å². The van der Waals surface area contributed by atoms with Gasteiger partial charge in [0, 0.05) is 19.7 Å². The number of ether oxygens (including phenoxy) is 3. The molecule has 10 nitrogen and oxygen atoms in total. The molecule has 0 unspecified atom stereocenters. The molecule has 152 valence electrons. The van der Waals surface area contributed by atoms with Gasteiger partial charge in [-0.2, -0.15) is 0 Å². The number of nitro groups is 1. The van der Waals surface area contributed by atoms with Crippen molar-refractivity contribution in [3.8, 4) is 11.5 Å². The van der Waals surface area contributed by atoms with Gasteiger partial charge in [0.05, 0.1) is 6.07 Å². The predicted molar refractivity (Wildman–Crippen MR) is 99.3 cm³/mol. The van der Waals surface area contributed by atoms with E-state index in [0.717, 1.165) is 11.6 Å². The fourth-order valence-corrected chi connectivity index (χ4v) is 2.52. The highest BCUT2D eigenvalue weighted by atomic mass is 16.6. The average molecular weight is 402 g/mol. The largest absolute Gasteiger partial charge is 0.486 e. The zero-order valence-electron chi connectivity index (χ0n) is 15.5. The van der Waals surface area contributed by atoms with Crippen LogP contribution in [0.25, 0.3) is 6.08 Å². The van der Waals surface area contributed by atoms with Crippen LogP contribution in [0.5, 0.6) is 11.5 Å². The van der Waals surface area contributed by atoms with Crippen LogP contribution in [0.3, 0.4) is 0 Å². The van der Waals surface area contributed by atoms with Crippen molar-refractivity contribution in [1.82, 2.24) is 4.90 Å². The van der Waals surface area contributed by atoms with Gasteiger partial charge in [0.2, 0.25) is 0 Å². The fraction of sp³-hybridized carbons (Fsp3) is 0.263. The smallest absolute Gasteiger partial charge is 0.433 e. The number of benzene rings is 1. The van der Waals surface area contributed by atoms with E-state index in [1.54, 1.807) is 19.2 Å². The molecular formula is C19H18N2O8. The van der Waals surface area contributed by atoms with E-state index in [9.17, 15) is 19.7 Å². The van der Waals surface area contributed by atoms with E-state index < -0.39 is 29.3 Å². The summed E-state index contributed by atoms with van der Waals surface area (Å²) < 4.78 is 20.7. The topological polar surface area (TPSA) is 121 Å². The first-order valence-corrected chi connectivity index (χ1v) is 8.64. The van der Waals surface area contributed by atoms with Crippen LogP contribution in [-0.2, 0) is 20.9 Å². The molecule has 0 bridgehead atoms. The minimum Gasteiger partial charge on any atom is -0.486 e. The third-order valence-electron chi connectivity index (χ3n) is 3.97. The lowest BCUT2D eigenvalue weighted by Crippen LogP contribution is -2.30. The molecule has 3 rings (SSSR count). The van der Waals surface area contributed by atoms with Crippen molar-refractivity contribution in [2.75, 3.05) is 26.9 Å². The number of fused-ring (bicyclic) bond motifs is 1. The molecule has 2 aromatic rings. The standard InChI is InChI=1S/C19H18N2O8/c1-20(11-13-2-5-15-16(10-13)27-9-8-26-15)17(22)12-28-19(23)7-4-14-3-6-18(29-14)21(24)25/h2-7,10H,8-9,11-12H2,1H3/b7-4+. The van der Waals surface area contributed by atoms with Gasteiger partial charge in [0.1, 0.15) is 23.9 Å². The number of carbonyl (C=O) groups is 2. The zero-order chi connectivity index (χ0) is 20.8. The van der Waals surface area contributed by atoms with Gasteiger partial charge in [-0.15, -0.1) is 0 Å². The number of hydrogen-bond donors (Lipinski definition) is 0. The van der Waals surface area contributed by atoms with Crippen LogP contribution in [0.2, 0.25) is 0 Å². The maximum absolute atomic E-state index is 12.2. The van der Waals surface area contributed by atoms with Gasteiger partial charge in [-0.25, -0.2) is 4.79 Å². The molecule has 0 N–H and O–H groups in total. The second kappa shape index (κ2) is 8.91. The summed E-state index contributed by atoms with van der Waals surface area (Å²) in [6, 6.07) is 7.92. The molecular weight excluding hydrogens is 384 g/mol. The number of likely N-dealkylation sites (N-methyl/N-ethyl adjacent to an activating group) is 1. The highest BCUT2D eigenvalue weighted by Gasteiger charge is 2.15. The molecule has 0 spiro atoms. The van der Waals surface area contributed by atoms with Gasteiger partial charge in [-0.1, -0.05) is 6.07 Å². The Morgan fingerprint density at radius 3 is 2.69 bits per heavy atom. The van der Waals surface area contributed by atoms with Crippen molar-refractivity contribution in [3.05, 3.63) is 57.8 Å². The fourth-order valence-electron chi connectivity index (χ4n) is 2.52. The molecule has 0 aliphatic carbocycles. The van der Waals surface area contributed by atoms with Crippen LogP contribution in [0.1, 0.15) is 11.3 Å². The van der Waals surface area contributed by atoms with Gasteiger partial charge in [-0.05, 0) is 29.8 Å². The molecule has 0 fully saturated rings. The molecule has 29 heavy (non-hydrogen) atoms. The number of rotatable bonds is 7. The molecule has 10 heteroatoms. The van der Waals surface area contributed by atoms with Gasteiger partial charge in [-0.3, -0.25) is 14.9 Å². The van der Waals surface area contributed by atoms with Crippen LogP contribution in [0.4, 0.5) is 5.88 Å². The van der Waals surface area contributed by atoms with Crippen molar-refractivity contribution >= 4 is 23.8 Å². The summed E-state index contributed by atoms with van der Waals surface area (Å²) in [7, 11) is 1.59. The summed E-state index contributed by atoms with van der Waals surface area (Å²) in [6.07, 6.45) is 2.25. The number of esters is 1. The monoisotopic (exact) mass is 402 g/mol. The number of furan rings is 1. The van der Waals surface area contributed by atoms with Crippen molar-refractivity contribution < 1.29 is 33.1 Å². The zero-order valence-corrected chi connectivity index (χ0v) is 15.5. The molecule has 1 amide bonds. The predicted octanol–water partition coefficient (Wildman–Crippen LogP) is 2.17. The third-order valence-corrected chi connectivity index (χ3v) is 3.97. The molecule has 1 aromatic heterocycles. The first kappa shape index (κ1) is 19.9. The van der Waals surface area contributed by atoms with E-state index >= 15 is 0 Å². The molecule has 0 radical (unpaired) electrons. The van der Waals surface area contributed by atoms with Gasteiger partial charge < -0.3 is 23.5 Å². The van der Waals surface area contributed by atoms with E-state index in [1.165, 1.54) is 23.1 Å². The van der Waals surface area contributed by atoms with Crippen molar-refractivity contribution in [2.45, 2.75) is 6.54 Å². The minimum absolute atomic E-state index is 0.121. The molecule has 0 saturated carbocycles. The quantitative estimate of drug-likeness (QED) is 0.299. The highest BCUT2D eigenvalue weighted by molar-refractivity contribution is 5.88. The summed E-state index contributed by atoms with van der Waals surface area (Å²) in [6.45, 7) is 0.836. The molecule has 2 heterocycles. The molecule has 1 aromatic carbocycles. The van der Waals surface area contributed by atoms with Crippen molar-refractivity contribution in [1.29, 1.82) is 0 Å². The Morgan fingerprint density at radius 1 is 1.21 bits per heavy atom. The summed E-state index contributed by atoms with van der Waals surface area (Å²) >= 11 is 0. The van der Waals surface area contributed by atoms with Crippen LogP contribution in [-0.4, -0.2) is 48.6 Å². The normalized spacial score (nSPS) is 12.6. The van der Waals surface area contributed by atoms with Crippen LogP contribution < -0.4 is 9.47 Å².